The van der Waals surface area contributed by atoms with Crippen molar-refractivity contribution in [3.05, 3.63) is 36.1 Å². The molecule has 0 spiro atoms. The zero-order valence-electron chi connectivity index (χ0n) is 11.5. The zero-order valence-corrected chi connectivity index (χ0v) is 12.3. The van der Waals surface area contributed by atoms with Gasteiger partial charge < -0.3 is 15.2 Å². The molecule has 0 saturated carbocycles. The molecule has 3 rings (SSSR count). The lowest BCUT2D eigenvalue weighted by atomic mass is 10.1. The fraction of sp³-hybridized carbons (Fsp3) is 0.214. The first-order valence-electron chi connectivity index (χ1n) is 6.33. The Morgan fingerprint density at radius 3 is 2.90 bits per heavy atom. The van der Waals surface area contributed by atoms with Gasteiger partial charge in [0.25, 0.3) is 5.91 Å². The summed E-state index contributed by atoms with van der Waals surface area (Å²) in [4.78, 5) is 25.6. The maximum atomic E-state index is 12.4. The maximum absolute atomic E-state index is 12.4. The van der Waals surface area contributed by atoms with Crippen LogP contribution in [0.3, 0.4) is 0 Å². The van der Waals surface area contributed by atoms with E-state index >= 15 is 0 Å². The molecule has 0 radical (unpaired) electrons. The predicted octanol–water partition coefficient (Wildman–Crippen LogP) is 2.42. The van der Waals surface area contributed by atoms with E-state index in [1.807, 2.05) is 18.2 Å². The number of aromatic nitrogens is 1. The lowest BCUT2D eigenvalue weighted by Gasteiger charge is -2.31. The second-order valence-electron chi connectivity index (χ2n) is 4.86. The van der Waals surface area contributed by atoms with Crippen molar-refractivity contribution >= 4 is 35.1 Å². The van der Waals surface area contributed by atoms with Crippen LogP contribution in [0, 0.1) is 6.92 Å². The topological polar surface area (TPSA) is 84.2 Å². The third kappa shape index (κ3) is 2.40. The summed E-state index contributed by atoms with van der Waals surface area (Å²) >= 11 is 1.22. The van der Waals surface area contributed by atoms with E-state index in [2.05, 4.69) is 15.8 Å². The summed E-state index contributed by atoms with van der Waals surface area (Å²) in [6, 6.07) is 8.97. The molecule has 2 aromatic rings. The molecular weight excluding hydrogens is 290 g/mol. The molecule has 0 bridgehead atoms. The molecule has 2 amide bonds. The van der Waals surface area contributed by atoms with Crippen LogP contribution in [0.4, 0.5) is 11.5 Å². The molecule has 1 aromatic heterocycles. The fourth-order valence-corrected chi connectivity index (χ4v) is 3.08. The highest BCUT2D eigenvalue weighted by atomic mass is 32.2. The SMILES string of the molecule is Cc1cc(NC(=O)[C@]2(C)Sc3ccccc3NC2=O)no1. The molecule has 0 fully saturated rings. The Labute approximate surface area is 125 Å². The number of thioether (sulfide) groups is 1. The van der Waals surface area contributed by atoms with E-state index in [-0.39, 0.29) is 5.91 Å². The van der Waals surface area contributed by atoms with Gasteiger partial charge in [0.2, 0.25) is 5.91 Å². The largest absolute Gasteiger partial charge is 0.360 e. The summed E-state index contributed by atoms with van der Waals surface area (Å²) in [6.07, 6.45) is 0. The van der Waals surface area contributed by atoms with Gasteiger partial charge in [-0.15, -0.1) is 0 Å². The van der Waals surface area contributed by atoms with E-state index in [1.165, 1.54) is 11.8 Å². The van der Waals surface area contributed by atoms with Crippen LogP contribution in [0.5, 0.6) is 0 Å². The molecule has 2 heterocycles. The summed E-state index contributed by atoms with van der Waals surface area (Å²) in [5.74, 6) is 0.0873. The number of anilines is 2. The van der Waals surface area contributed by atoms with Crippen molar-refractivity contribution in [2.75, 3.05) is 10.6 Å². The molecule has 6 nitrogen and oxygen atoms in total. The fourth-order valence-electron chi connectivity index (χ4n) is 1.98. The average Bonchev–Trinajstić information content (AvgIpc) is 2.85. The number of benzene rings is 1. The highest BCUT2D eigenvalue weighted by Gasteiger charge is 2.46. The summed E-state index contributed by atoms with van der Waals surface area (Å²) in [5, 5.41) is 9.07. The van der Waals surface area contributed by atoms with Gasteiger partial charge in [0.1, 0.15) is 5.76 Å². The quantitative estimate of drug-likeness (QED) is 0.832. The van der Waals surface area contributed by atoms with Crippen LogP contribution in [0.15, 0.2) is 39.8 Å². The molecule has 0 aliphatic carbocycles. The van der Waals surface area contributed by atoms with Crippen molar-refractivity contribution in [1.29, 1.82) is 0 Å². The third-order valence-electron chi connectivity index (χ3n) is 3.19. The van der Waals surface area contributed by atoms with E-state index in [4.69, 9.17) is 4.52 Å². The Morgan fingerprint density at radius 2 is 2.19 bits per heavy atom. The number of fused-ring (bicyclic) bond motifs is 1. The van der Waals surface area contributed by atoms with Gasteiger partial charge in [-0.3, -0.25) is 9.59 Å². The van der Waals surface area contributed by atoms with Crippen LogP contribution in [0.25, 0.3) is 0 Å². The third-order valence-corrected chi connectivity index (χ3v) is 4.54. The number of carbonyl (C=O) groups is 2. The van der Waals surface area contributed by atoms with Crippen LogP contribution in [-0.2, 0) is 9.59 Å². The second kappa shape index (κ2) is 4.92. The lowest BCUT2D eigenvalue weighted by molar-refractivity contribution is -0.126. The number of para-hydroxylation sites is 1. The standard InChI is InChI=1S/C14H13N3O3S/c1-8-7-11(17-20-8)16-13(19)14(2)12(18)15-9-5-3-4-6-10(9)21-14/h3-7H,1-2H3,(H,15,18)(H,16,17,19)/t14-/m1/s1. The molecular formula is C14H13N3O3S. The van der Waals surface area contributed by atoms with Gasteiger partial charge in [-0.1, -0.05) is 29.1 Å². The first kappa shape index (κ1) is 13.7. The zero-order chi connectivity index (χ0) is 15.0. The van der Waals surface area contributed by atoms with Crippen molar-refractivity contribution in [3.8, 4) is 0 Å². The minimum absolute atomic E-state index is 0.297. The number of nitrogens with zero attached hydrogens (tertiary/aromatic N) is 1. The molecule has 0 saturated heterocycles. The van der Waals surface area contributed by atoms with E-state index in [0.29, 0.717) is 11.6 Å². The van der Waals surface area contributed by atoms with Crippen molar-refractivity contribution in [3.63, 3.8) is 0 Å². The maximum Gasteiger partial charge on any atom is 0.251 e. The number of aryl methyl sites for hydroxylation is 1. The van der Waals surface area contributed by atoms with Gasteiger partial charge in [0, 0.05) is 11.0 Å². The van der Waals surface area contributed by atoms with Crippen LogP contribution >= 0.6 is 11.8 Å². The lowest BCUT2D eigenvalue weighted by Crippen LogP contribution is -2.49. The van der Waals surface area contributed by atoms with Gasteiger partial charge in [-0.05, 0) is 26.0 Å². The Balaban J connectivity index is 1.86. The van der Waals surface area contributed by atoms with Crippen LogP contribution in [0.1, 0.15) is 12.7 Å². The number of nitrogens with one attached hydrogen (secondary N) is 2. The van der Waals surface area contributed by atoms with Crippen molar-refractivity contribution < 1.29 is 14.1 Å². The van der Waals surface area contributed by atoms with E-state index < -0.39 is 10.7 Å². The van der Waals surface area contributed by atoms with Crippen LogP contribution < -0.4 is 10.6 Å². The first-order chi connectivity index (χ1) is 9.99. The van der Waals surface area contributed by atoms with Crippen LogP contribution in [-0.4, -0.2) is 21.7 Å². The van der Waals surface area contributed by atoms with E-state index in [1.54, 1.807) is 26.0 Å². The Hall–Kier alpha value is -2.28. The molecule has 1 aliphatic heterocycles. The van der Waals surface area contributed by atoms with Crippen molar-refractivity contribution in [2.24, 2.45) is 0 Å². The minimum Gasteiger partial charge on any atom is -0.360 e. The molecule has 1 aliphatic rings. The monoisotopic (exact) mass is 303 g/mol. The predicted molar refractivity (Wildman–Crippen MR) is 79.2 cm³/mol. The summed E-state index contributed by atoms with van der Waals surface area (Å²) in [5.41, 5.74) is 0.718. The van der Waals surface area contributed by atoms with Crippen molar-refractivity contribution in [1.82, 2.24) is 5.16 Å². The molecule has 1 aromatic carbocycles. The van der Waals surface area contributed by atoms with Gasteiger partial charge in [0.05, 0.1) is 5.69 Å². The van der Waals surface area contributed by atoms with Gasteiger partial charge in [-0.25, -0.2) is 0 Å². The molecule has 108 valence electrons. The van der Waals surface area contributed by atoms with Crippen LogP contribution in [0.2, 0.25) is 0 Å². The van der Waals surface area contributed by atoms with Crippen molar-refractivity contribution in [2.45, 2.75) is 23.5 Å². The van der Waals surface area contributed by atoms with E-state index in [9.17, 15) is 9.59 Å². The number of amides is 2. The van der Waals surface area contributed by atoms with Gasteiger partial charge >= 0.3 is 0 Å². The number of rotatable bonds is 2. The van der Waals surface area contributed by atoms with Gasteiger partial charge in [0.15, 0.2) is 10.6 Å². The molecule has 2 N–H and O–H groups in total. The number of hydrogen-bond donors (Lipinski definition) is 2. The first-order valence-corrected chi connectivity index (χ1v) is 7.15. The average molecular weight is 303 g/mol. The Morgan fingerprint density at radius 1 is 1.43 bits per heavy atom. The number of carbonyl (C=O) groups excluding carboxylic acids is 2. The second-order valence-corrected chi connectivity index (χ2v) is 6.32. The molecule has 7 heteroatoms. The Kier molecular flexibility index (Phi) is 3.21. The summed E-state index contributed by atoms with van der Waals surface area (Å²) in [7, 11) is 0. The molecule has 21 heavy (non-hydrogen) atoms. The number of hydrogen-bond acceptors (Lipinski definition) is 5. The van der Waals surface area contributed by atoms with E-state index in [0.717, 1.165) is 10.6 Å². The highest BCUT2D eigenvalue weighted by molar-refractivity contribution is 8.02. The molecule has 1 atom stereocenters. The van der Waals surface area contributed by atoms with Gasteiger partial charge in [-0.2, -0.15) is 0 Å². The highest BCUT2D eigenvalue weighted by Crippen LogP contribution is 2.42. The minimum atomic E-state index is -1.26. The summed E-state index contributed by atoms with van der Waals surface area (Å²) in [6.45, 7) is 3.31. The Bertz CT molecular complexity index is 728. The molecule has 0 unspecified atom stereocenters. The normalized spacial score (nSPS) is 20.6. The smallest absolute Gasteiger partial charge is 0.251 e. The summed E-state index contributed by atoms with van der Waals surface area (Å²) < 4.78 is 3.63.